The number of hydrogen-bond acceptors (Lipinski definition) is 3. The molecule has 0 bridgehead atoms. The number of hydrogen-bond donors (Lipinski definition) is 0. The highest BCUT2D eigenvalue weighted by Gasteiger charge is 2.39. The molecule has 0 spiro atoms. The number of amides is 1. The molecule has 0 radical (unpaired) electrons. The smallest absolute Gasteiger partial charge is 0.395 e. The van der Waals surface area contributed by atoms with Crippen molar-refractivity contribution in [3.05, 3.63) is 71.3 Å². The summed E-state index contributed by atoms with van der Waals surface area (Å²) >= 11 is 0. The lowest BCUT2D eigenvalue weighted by atomic mass is 9.98. The van der Waals surface area contributed by atoms with E-state index < -0.39 is 23.7 Å². The summed E-state index contributed by atoms with van der Waals surface area (Å²) in [6.07, 6.45) is -0.106. The molecule has 2 unspecified atom stereocenters. The van der Waals surface area contributed by atoms with Crippen molar-refractivity contribution in [2.45, 2.75) is 76.6 Å². The maximum absolute atomic E-state index is 13.1. The molecule has 1 aliphatic carbocycles. The predicted octanol–water partition coefficient (Wildman–Crippen LogP) is 7.04. The molecule has 0 aromatic heterocycles. The van der Waals surface area contributed by atoms with E-state index in [9.17, 15) is 31.5 Å². The Labute approximate surface area is 208 Å². The molecule has 36 heavy (non-hydrogen) atoms. The number of rotatable bonds is 9. The van der Waals surface area contributed by atoms with Crippen LogP contribution >= 0.6 is 0 Å². The van der Waals surface area contributed by atoms with Crippen molar-refractivity contribution in [2.24, 2.45) is 0 Å². The second-order valence-corrected chi connectivity index (χ2v) is 8.83. The van der Waals surface area contributed by atoms with Gasteiger partial charge in [0.2, 0.25) is 0 Å². The zero-order chi connectivity index (χ0) is 26.9. The minimum absolute atomic E-state index is 0.0853. The van der Waals surface area contributed by atoms with E-state index in [2.05, 4.69) is 0 Å². The minimum atomic E-state index is -4.31. The monoisotopic (exact) mass is 513 g/mol. The maximum atomic E-state index is 13.1. The van der Waals surface area contributed by atoms with E-state index in [1.54, 1.807) is 0 Å². The maximum Gasteiger partial charge on any atom is 0.395 e. The zero-order valence-corrected chi connectivity index (χ0v) is 20.7. The van der Waals surface area contributed by atoms with Crippen molar-refractivity contribution in [1.82, 2.24) is 4.90 Å². The molecule has 0 N–H and O–H groups in total. The van der Waals surface area contributed by atoms with Crippen LogP contribution in [0.25, 0.3) is 0 Å². The van der Waals surface area contributed by atoms with Crippen LogP contribution in [0.5, 0.6) is 0 Å². The van der Waals surface area contributed by atoms with E-state index >= 15 is 0 Å². The van der Waals surface area contributed by atoms with E-state index in [1.165, 1.54) is 49.6 Å². The third-order valence-electron chi connectivity index (χ3n) is 6.03. The van der Waals surface area contributed by atoms with Crippen LogP contribution in [0, 0.1) is 11.6 Å². The Morgan fingerprint density at radius 1 is 1.03 bits per heavy atom. The van der Waals surface area contributed by atoms with Gasteiger partial charge in [0.05, 0.1) is 13.0 Å². The van der Waals surface area contributed by atoms with Crippen molar-refractivity contribution < 1.29 is 36.3 Å². The Morgan fingerprint density at radius 2 is 1.61 bits per heavy atom. The summed E-state index contributed by atoms with van der Waals surface area (Å²) in [6.45, 7) is 3.13. The predicted molar refractivity (Wildman–Crippen MR) is 126 cm³/mol. The lowest BCUT2D eigenvalue weighted by molar-refractivity contribution is -0.146. The molecule has 1 saturated carbocycles. The molecule has 3 rings (SSSR count). The summed E-state index contributed by atoms with van der Waals surface area (Å²) in [4.78, 5) is 26.5. The first-order chi connectivity index (χ1) is 17.0. The van der Waals surface area contributed by atoms with Gasteiger partial charge in [-0.15, -0.1) is 0 Å². The van der Waals surface area contributed by atoms with Crippen LogP contribution in [-0.2, 0) is 9.53 Å². The van der Waals surface area contributed by atoms with E-state index in [4.69, 9.17) is 4.74 Å². The lowest BCUT2D eigenvalue weighted by Crippen LogP contribution is -2.42. The molecule has 1 fully saturated rings. The minimum Gasteiger partial charge on any atom is -0.469 e. The number of methoxy groups -OCH3 is 1. The molecule has 0 heterocycles. The molecule has 0 saturated heterocycles. The van der Waals surface area contributed by atoms with Gasteiger partial charge in [0.1, 0.15) is 11.6 Å². The molecular weight excluding hydrogens is 481 g/mol. The molecule has 9 heteroatoms. The van der Waals surface area contributed by atoms with Gasteiger partial charge in [-0.2, -0.15) is 13.2 Å². The second kappa shape index (κ2) is 13.4. The first kappa shape index (κ1) is 29.3. The number of carbonyl (C=O) groups excluding carboxylic acids is 2. The fourth-order valence-corrected chi connectivity index (χ4v) is 3.84. The third-order valence-corrected chi connectivity index (χ3v) is 6.03. The molecule has 2 aromatic carbocycles. The van der Waals surface area contributed by atoms with E-state index in [0.717, 1.165) is 38.7 Å². The summed E-state index contributed by atoms with van der Waals surface area (Å²) in [5.41, 5.74) is 0.516. The van der Waals surface area contributed by atoms with Crippen LogP contribution in [-0.4, -0.2) is 42.1 Å². The van der Waals surface area contributed by atoms with Gasteiger partial charge < -0.3 is 9.64 Å². The molecular formula is C27H32F5NO3. The average molecular weight is 514 g/mol. The summed E-state index contributed by atoms with van der Waals surface area (Å²) in [7, 11) is 1.34. The van der Waals surface area contributed by atoms with Gasteiger partial charge in [-0.1, -0.05) is 31.5 Å². The first-order valence-electron chi connectivity index (χ1n) is 11.9. The van der Waals surface area contributed by atoms with Crippen molar-refractivity contribution in [1.29, 1.82) is 0 Å². The molecule has 198 valence electrons. The van der Waals surface area contributed by atoms with Crippen molar-refractivity contribution in [2.75, 3.05) is 7.11 Å². The third kappa shape index (κ3) is 8.91. The number of carbonyl (C=O) groups is 2. The number of nitrogens with zero attached hydrogens (tertiary/aromatic N) is 1. The molecule has 1 aliphatic rings. The van der Waals surface area contributed by atoms with Gasteiger partial charge in [-0.3, -0.25) is 9.59 Å². The summed E-state index contributed by atoms with van der Waals surface area (Å²) < 4.78 is 67.2. The molecule has 2 atom stereocenters. The van der Waals surface area contributed by atoms with Gasteiger partial charge >= 0.3 is 12.1 Å². The quantitative estimate of drug-likeness (QED) is 0.267. The molecule has 1 amide bonds. The Kier molecular flexibility index (Phi) is 10.9. The van der Waals surface area contributed by atoms with Crippen LogP contribution in [0.15, 0.2) is 48.5 Å². The highest BCUT2D eigenvalue weighted by Crippen LogP contribution is 2.35. The zero-order valence-electron chi connectivity index (χ0n) is 20.7. The molecule has 0 aliphatic heterocycles. The van der Waals surface area contributed by atoms with E-state index in [1.807, 2.05) is 11.8 Å². The Morgan fingerprint density at radius 3 is 2.03 bits per heavy atom. The SMILES string of the molecule is CCCC(CCC(=O)OC)N(C(=O)c1ccc(C(C)C(F)(F)F)cc1)C1CC1.Fc1cccc(F)c1. The van der Waals surface area contributed by atoms with Crippen LogP contribution < -0.4 is 0 Å². The number of halogens is 5. The van der Waals surface area contributed by atoms with Gasteiger partial charge in [0, 0.05) is 30.1 Å². The Balaban J connectivity index is 0.000000482. The summed E-state index contributed by atoms with van der Waals surface area (Å²) in [6, 6.07) is 10.3. The van der Waals surface area contributed by atoms with Crippen LogP contribution in [0.3, 0.4) is 0 Å². The Hall–Kier alpha value is -2.97. The van der Waals surface area contributed by atoms with Gasteiger partial charge in [-0.05, 0) is 62.4 Å². The topological polar surface area (TPSA) is 46.6 Å². The van der Waals surface area contributed by atoms with Crippen LogP contribution in [0.1, 0.15) is 74.2 Å². The molecule has 2 aromatic rings. The van der Waals surface area contributed by atoms with Gasteiger partial charge in [0.25, 0.3) is 5.91 Å². The number of esters is 1. The van der Waals surface area contributed by atoms with Crippen LogP contribution in [0.2, 0.25) is 0 Å². The summed E-state index contributed by atoms with van der Waals surface area (Å²) in [5, 5.41) is 0. The van der Waals surface area contributed by atoms with Gasteiger partial charge in [0.15, 0.2) is 0 Å². The van der Waals surface area contributed by atoms with Crippen LogP contribution in [0.4, 0.5) is 22.0 Å². The summed E-state index contributed by atoms with van der Waals surface area (Å²) in [5.74, 6) is -3.15. The lowest BCUT2D eigenvalue weighted by Gasteiger charge is -2.32. The average Bonchev–Trinajstić information content (AvgIpc) is 3.67. The number of alkyl halides is 3. The normalized spacial score (nSPS) is 14.8. The Bertz CT molecular complexity index is 972. The largest absolute Gasteiger partial charge is 0.469 e. The van der Waals surface area contributed by atoms with E-state index in [0.29, 0.717) is 12.0 Å². The fourth-order valence-electron chi connectivity index (χ4n) is 3.84. The highest BCUT2D eigenvalue weighted by molar-refractivity contribution is 5.95. The van der Waals surface area contributed by atoms with Crippen molar-refractivity contribution in [3.8, 4) is 0 Å². The van der Waals surface area contributed by atoms with Crippen molar-refractivity contribution in [3.63, 3.8) is 0 Å². The standard InChI is InChI=1S/C21H28F3NO3.C6H4F2/c1-4-5-17(12-13-19(26)28-3)25(18-10-11-18)20(27)16-8-6-15(7-9-16)14(2)21(22,23)24;7-5-2-1-3-6(8)4-5/h6-9,14,17-18H,4-5,10-13H2,1-3H3;1-4H. The number of ether oxygens (including phenoxy) is 1. The second-order valence-electron chi connectivity index (χ2n) is 8.83. The molecule has 4 nitrogen and oxygen atoms in total. The van der Waals surface area contributed by atoms with E-state index in [-0.39, 0.29) is 35.9 Å². The van der Waals surface area contributed by atoms with Crippen molar-refractivity contribution >= 4 is 11.9 Å². The number of benzene rings is 2. The first-order valence-corrected chi connectivity index (χ1v) is 11.9. The highest BCUT2D eigenvalue weighted by atomic mass is 19.4. The van der Waals surface area contributed by atoms with Gasteiger partial charge in [-0.25, -0.2) is 8.78 Å². The fraction of sp³-hybridized carbons (Fsp3) is 0.481.